The van der Waals surface area contributed by atoms with Gasteiger partial charge in [-0.25, -0.2) is 0 Å². The fraction of sp³-hybridized carbons (Fsp3) is 0.923. The van der Waals surface area contributed by atoms with Crippen molar-refractivity contribution in [3.63, 3.8) is 0 Å². The molecule has 92 valence electrons. The molecule has 3 heteroatoms. The van der Waals surface area contributed by atoms with Crippen LogP contribution in [0.1, 0.15) is 51.4 Å². The summed E-state index contributed by atoms with van der Waals surface area (Å²) in [5.41, 5.74) is 0. The third-order valence-electron chi connectivity index (χ3n) is 4.18. The summed E-state index contributed by atoms with van der Waals surface area (Å²) in [7, 11) is 0. The normalized spacial score (nSPS) is 27.6. The molecule has 2 rings (SSSR count). The molecule has 0 amide bonds. The van der Waals surface area contributed by atoms with E-state index in [1.807, 2.05) is 0 Å². The van der Waals surface area contributed by atoms with Gasteiger partial charge in [0.05, 0.1) is 0 Å². The van der Waals surface area contributed by atoms with Gasteiger partial charge >= 0.3 is 5.97 Å². The third-order valence-corrected chi connectivity index (χ3v) is 4.18. The molecule has 1 N–H and O–H groups in total. The van der Waals surface area contributed by atoms with Gasteiger partial charge in [-0.1, -0.05) is 25.7 Å². The van der Waals surface area contributed by atoms with Gasteiger partial charge in [0, 0.05) is 0 Å². The van der Waals surface area contributed by atoms with Gasteiger partial charge in [-0.15, -0.1) is 0 Å². The molecule has 0 aromatic heterocycles. The van der Waals surface area contributed by atoms with Gasteiger partial charge in [0.25, 0.3) is 0 Å². The molecule has 0 aromatic rings. The Hall–Kier alpha value is -0.570. The fourth-order valence-corrected chi connectivity index (χ4v) is 3.26. The zero-order valence-corrected chi connectivity index (χ0v) is 10.0. The Morgan fingerprint density at radius 3 is 2.62 bits per heavy atom. The first-order valence-electron chi connectivity index (χ1n) is 6.74. The molecule has 1 aliphatic carbocycles. The molecule has 1 saturated carbocycles. The van der Waals surface area contributed by atoms with Crippen molar-refractivity contribution in [3.8, 4) is 0 Å². The van der Waals surface area contributed by atoms with Crippen LogP contribution in [0.15, 0.2) is 0 Å². The van der Waals surface area contributed by atoms with E-state index in [1.165, 1.54) is 38.5 Å². The number of rotatable bonds is 5. The minimum atomic E-state index is -0.627. The minimum absolute atomic E-state index is 0.191. The average molecular weight is 225 g/mol. The molecule has 2 fully saturated rings. The second kappa shape index (κ2) is 5.67. The van der Waals surface area contributed by atoms with Crippen LogP contribution < -0.4 is 0 Å². The Morgan fingerprint density at radius 2 is 1.94 bits per heavy atom. The Kier molecular flexibility index (Phi) is 4.22. The predicted octanol–water partition coefficient (Wildman–Crippen LogP) is 2.51. The topological polar surface area (TPSA) is 40.5 Å². The second-order valence-corrected chi connectivity index (χ2v) is 5.32. The Morgan fingerprint density at radius 1 is 1.19 bits per heavy atom. The molecule has 16 heavy (non-hydrogen) atoms. The van der Waals surface area contributed by atoms with Crippen molar-refractivity contribution in [1.82, 2.24) is 4.90 Å². The van der Waals surface area contributed by atoms with E-state index in [4.69, 9.17) is 5.11 Å². The van der Waals surface area contributed by atoms with Crippen molar-refractivity contribution in [3.05, 3.63) is 0 Å². The van der Waals surface area contributed by atoms with E-state index in [9.17, 15) is 4.79 Å². The highest BCUT2D eigenvalue weighted by Crippen LogP contribution is 2.29. The van der Waals surface area contributed by atoms with Crippen molar-refractivity contribution in [1.29, 1.82) is 0 Å². The summed E-state index contributed by atoms with van der Waals surface area (Å²) in [5.74, 6) is 0.309. The summed E-state index contributed by atoms with van der Waals surface area (Å²) in [4.78, 5) is 13.2. The molecule has 0 bridgehead atoms. The first-order valence-corrected chi connectivity index (χ1v) is 6.74. The first-order chi connectivity index (χ1) is 7.77. The van der Waals surface area contributed by atoms with Gasteiger partial charge in [0.1, 0.15) is 6.04 Å². The minimum Gasteiger partial charge on any atom is -0.480 e. The number of hydrogen-bond acceptors (Lipinski definition) is 2. The van der Waals surface area contributed by atoms with Gasteiger partial charge in [-0.2, -0.15) is 0 Å². The largest absolute Gasteiger partial charge is 0.480 e. The van der Waals surface area contributed by atoms with E-state index >= 15 is 0 Å². The van der Waals surface area contributed by atoms with E-state index in [1.54, 1.807) is 0 Å². The van der Waals surface area contributed by atoms with E-state index in [2.05, 4.69) is 4.90 Å². The number of likely N-dealkylation sites (tertiary alicyclic amines) is 1. The number of carboxylic acids is 1. The van der Waals surface area contributed by atoms with Crippen molar-refractivity contribution < 1.29 is 9.90 Å². The van der Waals surface area contributed by atoms with E-state index in [-0.39, 0.29) is 6.04 Å². The van der Waals surface area contributed by atoms with Gasteiger partial charge < -0.3 is 5.11 Å². The zero-order chi connectivity index (χ0) is 11.4. The van der Waals surface area contributed by atoms with Crippen molar-refractivity contribution in [2.24, 2.45) is 5.92 Å². The SMILES string of the molecule is O=C(O)C1CCCN1CCCC1CCCC1. The third kappa shape index (κ3) is 2.97. The van der Waals surface area contributed by atoms with Crippen LogP contribution in [0, 0.1) is 5.92 Å². The molecule has 0 aromatic carbocycles. The maximum absolute atomic E-state index is 11.0. The van der Waals surface area contributed by atoms with E-state index in [0.717, 1.165) is 31.8 Å². The first kappa shape index (κ1) is 11.9. The molecular weight excluding hydrogens is 202 g/mol. The Labute approximate surface area is 97.8 Å². The van der Waals surface area contributed by atoms with Crippen LogP contribution in [0.3, 0.4) is 0 Å². The number of aliphatic carboxylic acids is 1. The van der Waals surface area contributed by atoms with Gasteiger partial charge in [-0.3, -0.25) is 9.69 Å². The van der Waals surface area contributed by atoms with Crippen molar-refractivity contribution in [2.75, 3.05) is 13.1 Å². The van der Waals surface area contributed by atoms with Crippen LogP contribution in [0.2, 0.25) is 0 Å². The number of carboxylic acid groups (broad SMARTS) is 1. The van der Waals surface area contributed by atoms with Crippen LogP contribution >= 0.6 is 0 Å². The fourth-order valence-electron chi connectivity index (χ4n) is 3.26. The molecule has 2 aliphatic rings. The summed E-state index contributed by atoms with van der Waals surface area (Å²) in [6.07, 6.45) is 10.0. The number of nitrogens with zero attached hydrogens (tertiary/aromatic N) is 1. The molecule has 0 radical (unpaired) electrons. The monoisotopic (exact) mass is 225 g/mol. The molecule has 0 spiro atoms. The zero-order valence-electron chi connectivity index (χ0n) is 10.0. The molecule has 1 aliphatic heterocycles. The lowest BCUT2D eigenvalue weighted by Crippen LogP contribution is -2.36. The van der Waals surface area contributed by atoms with Gasteiger partial charge in [0.2, 0.25) is 0 Å². The summed E-state index contributed by atoms with van der Waals surface area (Å²) in [6, 6.07) is -0.191. The maximum atomic E-state index is 11.0. The predicted molar refractivity (Wildman–Crippen MR) is 63.4 cm³/mol. The van der Waals surface area contributed by atoms with Crippen LogP contribution in [0.25, 0.3) is 0 Å². The summed E-state index contributed by atoms with van der Waals surface area (Å²) in [6.45, 7) is 1.98. The van der Waals surface area contributed by atoms with Crippen molar-refractivity contribution in [2.45, 2.75) is 57.4 Å². The molecular formula is C13H23NO2. The smallest absolute Gasteiger partial charge is 0.320 e. The summed E-state index contributed by atoms with van der Waals surface area (Å²) in [5, 5.41) is 9.05. The Bertz CT molecular complexity index is 236. The Balaban J connectivity index is 1.66. The van der Waals surface area contributed by atoms with Crippen molar-refractivity contribution >= 4 is 5.97 Å². The highest BCUT2D eigenvalue weighted by atomic mass is 16.4. The number of hydrogen-bond donors (Lipinski definition) is 1. The number of carbonyl (C=O) groups is 1. The quantitative estimate of drug-likeness (QED) is 0.781. The highest BCUT2D eigenvalue weighted by molar-refractivity contribution is 5.73. The van der Waals surface area contributed by atoms with Crippen LogP contribution in [-0.2, 0) is 4.79 Å². The summed E-state index contributed by atoms with van der Waals surface area (Å²) < 4.78 is 0. The standard InChI is InChI=1S/C13H23NO2/c15-13(16)12-8-4-10-14(12)9-3-7-11-5-1-2-6-11/h11-12H,1-10H2,(H,15,16). The molecule has 1 saturated heterocycles. The maximum Gasteiger partial charge on any atom is 0.320 e. The van der Waals surface area contributed by atoms with Gasteiger partial charge in [0.15, 0.2) is 0 Å². The van der Waals surface area contributed by atoms with Crippen LogP contribution in [0.4, 0.5) is 0 Å². The van der Waals surface area contributed by atoms with Crippen LogP contribution in [0.5, 0.6) is 0 Å². The molecule has 1 unspecified atom stereocenters. The lowest BCUT2D eigenvalue weighted by Gasteiger charge is -2.21. The second-order valence-electron chi connectivity index (χ2n) is 5.32. The highest BCUT2D eigenvalue weighted by Gasteiger charge is 2.29. The average Bonchev–Trinajstić information content (AvgIpc) is 2.87. The summed E-state index contributed by atoms with van der Waals surface area (Å²) >= 11 is 0. The van der Waals surface area contributed by atoms with Gasteiger partial charge in [-0.05, 0) is 44.7 Å². The van der Waals surface area contributed by atoms with E-state index in [0.29, 0.717) is 0 Å². The molecule has 3 nitrogen and oxygen atoms in total. The van der Waals surface area contributed by atoms with E-state index < -0.39 is 5.97 Å². The molecule has 1 atom stereocenters. The molecule has 1 heterocycles. The lowest BCUT2D eigenvalue weighted by molar-refractivity contribution is -0.142. The lowest BCUT2D eigenvalue weighted by atomic mass is 10.0. The van der Waals surface area contributed by atoms with Crippen LogP contribution in [-0.4, -0.2) is 35.1 Å².